The van der Waals surface area contributed by atoms with Crippen LogP contribution in [-0.2, 0) is 4.74 Å². The van der Waals surface area contributed by atoms with E-state index in [0.29, 0.717) is 12.7 Å². The van der Waals surface area contributed by atoms with Gasteiger partial charge < -0.3 is 9.47 Å². The minimum Gasteiger partial charge on any atom is -0.494 e. The van der Waals surface area contributed by atoms with E-state index in [9.17, 15) is 0 Å². The van der Waals surface area contributed by atoms with Gasteiger partial charge in [-0.2, -0.15) is 0 Å². The average Bonchev–Trinajstić information content (AvgIpc) is 3.38. The summed E-state index contributed by atoms with van der Waals surface area (Å²) in [6.45, 7) is 3.49. The Balaban J connectivity index is 1.67. The largest absolute Gasteiger partial charge is 0.494 e. The van der Waals surface area contributed by atoms with Crippen molar-refractivity contribution in [3.63, 3.8) is 0 Å². The van der Waals surface area contributed by atoms with Gasteiger partial charge in [0.15, 0.2) is 11.0 Å². The Labute approximate surface area is 162 Å². The van der Waals surface area contributed by atoms with Gasteiger partial charge in [-0.3, -0.25) is 9.55 Å². The number of hydrogen-bond acceptors (Lipinski definition) is 6. The molecule has 0 aliphatic carbocycles. The van der Waals surface area contributed by atoms with Crippen LogP contribution in [0.5, 0.6) is 5.75 Å². The molecule has 0 bridgehead atoms. The third-order valence-electron chi connectivity index (χ3n) is 4.38. The van der Waals surface area contributed by atoms with Crippen molar-refractivity contribution in [1.82, 2.24) is 19.7 Å². The minimum absolute atomic E-state index is 0.294. The lowest BCUT2D eigenvalue weighted by Crippen LogP contribution is -2.09. The van der Waals surface area contributed by atoms with E-state index in [1.165, 1.54) is 0 Å². The fourth-order valence-corrected chi connectivity index (χ4v) is 4.10. The molecule has 1 fully saturated rings. The van der Waals surface area contributed by atoms with E-state index in [2.05, 4.69) is 19.7 Å². The van der Waals surface area contributed by atoms with Crippen molar-refractivity contribution in [3.8, 4) is 22.8 Å². The lowest BCUT2D eigenvalue weighted by atomic mass is 10.2. The molecule has 0 spiro atoms. The van der Waals surface area contributed by atoms with Crippen LogP contribution in [-0.4, -0.2) is 44.8 Å². The Kier molecular flexibility index (Phi) is 5.69. The van der Waals surface area contributed by atoms with Crippen LogP contribution in [0.2, 0.25) is 0 Å². The third kappa shape index (κ3) is 4.14. The highest BCUT2D eigenvalue weighted by Gasteiger charge is 2.20. The normalized spacial score (nSPS) is 16.6. The molecule has 1 aliphatic rings. The number of benzene rings is 1. The van der Waals surface area contributed by atoms with Crippen LogP contribution in [0, 0.1) is 0 Å². The van der Waals surface area contributed by atoms with Crippen molar-refractivity contribution in [2.75, 3.05) is 19.0 Å². The number of nitrogens with zero attached hydrogens (tertiary/aromatic N) is 4. The molecule has 3 heterocycles. The van der Waals surface area contributed by atoms with Crippen LogP contribution >= 0.6 is 11.8 Å². The Bertz CT molecular complexity index is 861. The maximum Gasteiger partial charge on any atom is 0.196 e. The number of ether oxygens (including phenoxy) is 2. The van der Waals surface area contributed by atoms with Crippen molar-refractivity contribution in [2.24, 2.45) is 0 Å². The van der Waals surface area contributed by atoms with E-state index in [-0.39, 0.29) is 0 Å². The van der Waals surface area contributed by atoms with Crippen molar-refractivity contribution in [1.29, 1.82) is 0 Å². The van der Waals surface area contributed by atoms with Gasteiger partial charge in [0.05, 0.1) is 12.7 Å². The molecule has 140 valence electrons. The highest BCUT2D eigenvalue weighted by Crippen LogP contribution is 2.30. The molecular formula is C20H22N4O2S. The first-order chi connectivity index (χ1) is 13.3. The molecule has 3 aromatic rings. The maximum absolute atomic E-state index is 5.75. The van der Waals surface area contributed by atoms with E-state index < -0.39 is 0 Å². The molecule has 27 heavy (non-hydrogen) atoms. The maximum atomic E-state index is 5.75. The zero-order valence-corrected chi connectivity index (χ0v) is 16.1. The second-order valence-electron chi connectivity index (χ2n) is 6.26. The molecule has 7 heteroatoms. The lowest BCUT2D eigenvalue weighted by Gasteiger charge is -2.12. The number of pyridine rings is 1. The van der Waals surface area contributed by atoms with Crippen LogP contribution in [0.4, 0.5) is 0 Å². The summed E-state index contributed by atoms with van der Waals surface area (Å²) in [5, 5.41) is 9.75. The van der Waals surface area contributed by atoms with Crippen LogP contribution in [0.3, 0.4) is 0 Å². The van der Waals surface area contributed by atoms with Crippen LogP contribution in [0.15, 0.2) is 53.9 Å². The Morgan fingerprint density at radius 3 is 2.81 bits per heavy atom. The van der Waals surface area contributed by atoms with Gasteiger partial charge in [0, 0.05) is 36.0 Å². The number of thioether (sulfide) groups is 1. The average molecular weight is 382 g/mol. The van der Waals surface area contributed by atoms with Crippen molar-refractivity contribution < 1.29 is 9.47 Å². The van der Waals surface area contributed by atoms with E-state index in [0.717, 1.165) is 53.2 Å². The molecule has 1 unspecified atom stereocenters. The van der Waals surface area contributed by atoms with Gasteiger partial charge in [0.1, 0.15) is 5.75 Å². The summed E-state index contributed by atoms with van der Waals surface area (Å²) in [5.74, 6) is 2.51. The molecule has 1 atom stereocenters. The van der Waals surface area contributed by atoms with Gasteiger partial charge in [0.25, 0.3) is 0 Å². The third-order valence-corrected chi connectivity index (χ3v) is 5.44. The number of hydrogen-bond donors (Lipinski definition) is 0. The molecule has 0 N–H and O–H groups in total. The van der Waals surface area contributed by atoms with Crippen LogP contribution < -0.4 is 4.74 Å². The highest BCUT2D eigenvalue weighted by molar-refractivity contribution is 7.99. The Morgan fingerprint density at radius 1 is 1.22 bits per heavy atom. The van der Waals surface area contributed by atoms with Crippen molar-refractivity contribution in [2.45, 2.75) is 31.0 Å². The summed E-state index contributed by atoms with van der Waals surface area (Å²) < 4.78 is 13.4. The van der Waals surface area contributed by atoms with Crippen LogP contribution in [0.1, 0.15) is 19.8 Å². The topological polar surface area (TPSA) is 62.1 Å². The fourth-order valence-electron chi connectivity index (χ4n) is 3.08. The monoisotopic (exact) mass is 382 g/mol. The summed E-state index contributed by atoms with van der Waals surface area (Å²) in [7, 11) is 0. The smallest absolute Gasteiger partial charge is 0.196 e. The van der Waals surface area contributed by atoms with Gasteiger partial charge >= 0.3 is 0 Å². The van der Waals surface area contributed by atoms with E-state index in [1.807, 2.05) is 49.5 Å². The molecule has 6 nitrogen and oxygen atoms in total. The van der Waals surface area contributed by atoms with Gasteiger partial charge in [-0.05, 0) is 56.2 Å². The van der Waals surface area contributed by atoms with Gasteiger partial charge in [-0.1, -0.05) is 11.8 Å². The summed E-state index contributed by atoms with van der Waals surface area (Å²) in [6, 6.07) is 11.9. The predicted octanol–water partition coefficient (Wildman–Crippen LogP) is 4.00. The molecule has 0 amide bonds. The molecule has 1 saturated heterocycles. The standard InChI is InChI=1S/C20H22N4O2S/c1-2-25-17-9-7-16(8-10-17)24-19(15-5-3-11-21-13-15)22-23-20(24)27-14-18-6-4-12-26-18/h3,5,7-11,13,18H,2,4,6,12,14H2,1H3. The van der Waals surface area contributed by atoms with Crippen molar-refractivity contribution >= 4 is 11.8 Å². The second kappa shape index (κ2) is 8.54. The van der Waals surface area contributed by atoms with Crippen LogP contribution in [0.25, 0.3) is 17.1 Å². The van der Waals surface area contributed by atoms with E-state index in [4.69, 9.17) is 9.47 Å². The summed E-state index contributed by atoms with van der Waals surface area (Å²) in [6.07, 6.45) is 6.11. The Hall–Kier alpha value is -2.38. The summed E-state index contributed by atoms with van der Waals surface area (Å²) in [5.41, 5.74) is 1.93. The number of rotatable bonds is 7. The molecule has 0 radical (unpaired) electrons. The molecule has 4 rings (SSSR count). The second-order valence-corrected chi connectivity index (χ2v) is 7.24. The van der Waals surface area contributed by atoms with Gasteiger partial charge in [-0.25, -0.2) is 0 Å². The van der Waals surface area contributed by atoms with Crippen molar-refractivity contribution in [3.05, 3.63) is 48.8 Å². The zero-order valence-electron chi connectivity index (χ0n) is 15.2. The minimum atomic E-state index is 0.294. The molecular weight excluding hydrogens is 360 g/mol. The first kappa shape index (κ1) is 18.0. The lowest BCUT2D eigenvalue weighted by molar-refractivity contribution is 0.129. The molecule has 1 aromatic carbocycles. The van der Waals surface area contributed by atoms with E-state index in [1.54, 1.807) is 18.0 Å². The SMILES string of the molecule is CCOc1ccc(-n2c(SCC3CCCO3)nnc2-c2cccnc2)cc1. The fraction of sp³-hybridized carbons (Fsp3) is 0.350. The van der Waals surface area contributed by atoms with Gasteiger partial charge in [-0.15, -0.1) is 10.2 Å². The molecule has 1 aliphatic heterocycles. The number of aromatic nitrogens is 4. The quantitative estimate of drug-likeness (QED) is 0.576. The first-order valence-corrected chi connectivity index (χ1v) is 10.2. The molecule has 0 saturated carbocycles. The Morgan fingerprint density at radius 2 is 2.11 bits per heavy atom. The zero-order chi connectivity index (χ0) is 18.5. The molecule has 2 aromatic heterocycles. The van der Waals surface area contributed by atoms with E-state index >= 15 is 0 Å². The summed E-state index contributed by atoms with van der Waals surface area (Å²) >= 11 is 1.68. The highest BCUT2D eigenvalue weighted by atomic mass is 32.2. The van der Waals surface area contributed by atoms with Gasteiger partial charge in [0.2, 0.25) is 0 Å². The first-order valence-electron chi connectivity index (χ1n) is 9.18. The summed E-state index contributed by atoms with van der Waals surface area (Å²) in [4.78, 5) is 4.22. The predicted molar refractivity (Wildman–Crippen MR) is 105 cm³/mol.